The molecule has 6 heteroatoms. The number of nitrogens with one attached hydrogen (secondary N) is 1. The first-order valence-electron chi connectivity index (χ1n) is 10.3. The zero-order valence-corrected chi connectivity index (χ0v) is 18.1. The van der Waals surface area contributed by atoms with Crippen LogP contribution in [0.4, 0.5) is 5.82 Å². The Balaban J connectivity index is 1.83. The van der Waals surface area contributed by atoms with E-state index in [4.69, 9.17) is 11.6 Å². The molecule has 0 saturated carbocycles. The summed E-state index contributed by atoms with van der Waals surface area (Å²) < 4.78 is 0. The van der Waals surface area contributed by atoms with Crippen LogP contribution in [0.2, 0.25) is 0 Å². The molecule has 0 radical (unpaired) electrons. The summed E-state index contributed by atoms with van der Waals surface area (Å²) in [5, 5.41) is 3.34. The number of carbonyl (C=O) groups excluding carboxylic acids is 1. The number of hydrogen-bond acceptors (Lipinski definition) is 4. The van der Waals surface area contributed by atoms with Gasteiger partial charge in [0, 0.05) is 19.0 Å². The molecule has 154 valence electrons. The average Bonchev–Trinajstić information content (AvgIpc) is 2.74. The van der Waals surface area contributed by atoms with Gasteiger partial charge >= 0.3 is 0 Å². The van der Waals surface area contributed by atoms with Crippen LogP contribution in [-0.2, 0) is 4.79 Å². The maximum absolute atomic E-state index is 13.3. The summed E-state index contributed by atoms with van der Waals surface area (Å²) in [5.74, 6) is 1.45. The van der Waals surface area contributed by atoms with Gasteiger partial charge in [-0.1, -0.05) is 57.0 Å². The summed E-state index contributed by atoms with van der Waals surface area (Å²) in [6.07, 6.45) is 10.3. The summed E-state index contributed by atoms with van der Waals surface area (Å²) in [5.41, 5.74) is 2.87. The van der Waals surface area contributed by atoms with Gasteiger partial charge in [-0.3, -0.25) is 9.79 Å². The third-order valence-electron chi connectivity index (χ3n) is 5.56. The molecule has 2 aliphatic heterocycles. The molecule has 0 spiro atoms. The van der Waals surface area contributed by atoms with E-state index in [0.717, 1.165) is 25.0 Å². The van der Waals surface area contributed by atoms with Gasteiger partial charge in [-0.2, -0.15) is 0 Å². The van der Waals surface area contributed by atoms with E-state index in [0.29, 0.717) is 36.3 Å². The Morgan fingerprint density at radius 3 is 2.93 bits per heavy atom. The number of carbonyl (C=O) groups is 1. The number of aromatic nitrogens is 1. The van der Waals surface area contributed by atoms with E-state index >= 15 is 0 Å². The molecule has 1 aromatic rings. The van der Waals surface area contributed by atoms with Gasteiger partial charge in [0.1, 0.15) is 11.0 Å². The molecular weight excluding hydrogens is 384 g/mol. The van der Waals surface area contributed by atoms with E-state index in [-0.39, 0.29) is 11.1 Å². The van der Waals surface area contributed by atoms with Crippen molar-refractivity contribution in [2.75, 3.05) is 18.4 Å². The molecule has 0 aromatic carbocycles. The summed E-state index contributed by atoms with van der Waals surface area (Å²) >= 11 is 6.54. The molecule has 0 aliphatic carbocycles. The van der Waals surface area contributed by atoms with Gasteiger partial charge in [0.05, 0.1) is 17.8 Å². The molecule has 2 atom stereocenters. The lowest BCUT2D eigenvalue weighted by Crippen LogP contribution is -2.40. The van der Waals surface area contributed by atoms with E-state index in [9.17, 15) is 4.79 Å². The zero-order chi connectivity index (χ0) is 20.8. The molecule has 1 amide bonds. The topological polar surface area (TPSA) is 57.6 Å². The molecule has 3 heterocycles. The Morgan fingerprint density at radius 1 is 1.38 bits per heavy atom. The van der Waals surface area contributed by atoms with Crippen LogP contribution >= 0.6 is 11.6 Å². The van der Waals surface area contributed by atoms with Crippen LogP contribution in [0.15, 0.2) is 63.5 Å². The smallest absolute Gasteiger partial charge is 0.257 e. The van der Waals surface area contributed by atoms with Crippen molar-refractivity contribution in [2.24, 2.45) is 16.8 Å². The van der Waals surface area contributed by atoms with Gasteiger partial charge in [-0.25, -0.2) is 4.98 Å². The summed E-state index contributed by atoms with van der Waals surface area (Å²) in [6.45, 7) is 7.75. The van der Waals surface area contributed by atoms with E-state index in [2.05, 4.69) is 36.1 Å². The zero-order valence-electron chi connectivity index (χ0n) is 17.4. The molecule has 3 rings (SSSR count). The van der Waals surface area contributed by atoms with Crippen molar-refractivity contribution >= 4 is 29.5 Å². The Hall–Kier alpha value is -2.40. The SMILES string of the molecule is CCC/C=C\C(C(=O)N1CCC2=C(C1)N=CC(C)[C@@H]2C)=C(\Cl)Nc1ccccn1. The second kappa shape index (κ2) is 9.88. The predicted octanol–water partition coefficient (Wildman–Crippen LogP) is 5.14. The van der Waals surface area contributed by atoms with E-state index in [1.54, 1.807) is 6.20 Å². The first-order chi connectivity index (χ1) is 14.0. The molecule has 1 unspecified atom stereocenters. The molecule has 29 heavy (non-hydrogen) atoms. The first-order valence-corrected chi connectivity index (χ1v) is 10.7. The Kier molecular flexibility index (Phi) is 7.26. The Labute approximate surface area is 178 Å². The summed E-state index contributed by atoms with van der Waals surface area (Å²) in [7, 11) is 0. The highest BCUT2D eigenvalue weighted by atomic mass is 35.5. The third-order valence-corrected chi connectivity index (χ3v) is 5.86. The summed E-state index contributed by atoms with van der Waals surface area (Å²) in [6, 6.07) is 5.52. The van der Waals surface area contributed by atoms with Gasteiger partial charge in [0.2, 0.25) is 0 Å². The van der Waals surface area contributed by atoms with Crippen molar-refractivity contribution in [3.8, 4) is 0 Å². The van der Waals surface area contributed by atoms with Gasteiger partial charge in [0.25, 0.3) is 5.91 Å². The molecule has 2 aliphatic rings. The normalized spacial score (nSPS) is 22.6. The number of pyridine rings is 1. The van der Waals surface area contributed by atoms with Gasteiger partial charge in [0.15, 0.2) is 0 Å². The third kappa shape index (κ3) is 5.15. The maximum atomic E-state index is 13.3. The molecule has 0 fully saturated rings. The lowest BCUT2D eigenvalue weighted by Gasteiger charge is -2.35. The summed E-state index contributed by atoms with van der Waals surface area (Å²) in [4.78, 5) is 24.0. The lowest BCUT2D eigenvalue weighted by atomic mass is 9.83. The largest absolute Gasteiger partial charge is 0.332 e. The minimum atomic E-state index is -0.0844. The lowest BCUT2D eigenvalue weighted by molar-refractivity contribution is -0.126. The van der Waals surface area contributed by atoms with Crippen LogP contribution in [0.5, 0.6) is 0 Å². The van der Waals surface area contributed by atoms with Crippen molar-refractivity contribution < 1.29 is 4.79 Å². The number of hydrogen-bond donors (Lipinski definition) is 1. The Bertz CT molecular complexity index is 857. The van der Waals surface area contributed by atoms with Crippen molar-refractivity contribution in [1.82, 2.24) is 9.88 Å². The highest BCUT2D eigenvalue weighted by Crippen LogP contribution is 2.33. The van der Waals surface area contributed by atoms with Crippen molar-refractivity contribution in [2.45, 2.75) is 40.0 Å². The quantitative estimate of drug-likeness (QED) is 0.399. The number of amides is 1. The molecular formula is C23H29ClN4O. The van der Waals surface area contributed by atoms with Crippen molar-refractivity contribution in [3.05, 3.63) is 58.5 Å². The van der Waals surface area contributed by atoms with E-state index < -0.39 is 0 Å². The van der Waals surface area contributed by atoms with Crippen LogP contribution in [0.1, 0.15) is 40.0 Å². The maximum Gasteiger partial charge on any atom is 0.257 e. The van der Waals surface area contributed by atoms with Crippen molar-refractivity contribution in [1.29, 1.82) is 0 Å². The second-order valence-electron chi connectivity index (χ2n) is 7.63. The average molecular weight is 413 g/mol. The second-order valence-corrected chi connectivity index (χ2v) is 8.01. The van der Waals surface area contributed by atoms with E-state index in [1.165, 1.54) is 5.57 Å². The number of rotatable bonds is 6. The fourth-order valence-electron chi connectivity index (χ4n) is 3.60. The highest BCUT2D eigenvalue weighted by Gasteiger charge is 2.30. The number of nitrogens with zero attached hydrogens (tertiary/aromatic N) is 3. The number of allylic oxidation sites excluding steroid dienone is 1. The van der Waals surface area contributed by atoms with Crippen LogP contribution in [0.3, 0.4) is 0 Å². The minimum Gasteiger partial charge on any atom is -0.332 e. The standard InChI is InChI=1S/C23H29ClN4O/c1-4-5-6-9-19(22(24)27-21-10-7-8-12-25-21)23(29)28-13-11-18-17(3)16(2)14-26-20(18)15-28/h6-10,12,14,16-17H,4-5,11,13,15H2,1-3H3,(H,25,27)/b9-6-,22-19+/t16?,17-/m0/s1. The molecule has 0 saturated heterocycles. The molecule has 0 bridgehead atoms. The van der Waals surface area contributed by atoms with Gasteiger partial charge in [-0.05, 0) is 42.4 Å². The number of halogens is 1. The predicted molar refractivity (Wildman–Crippen MR) is 120 cm³/mol. The van der Waals surface area contributed by atoms with Gasteiger partial charge in [-0.15, -0.1) is 0 Å². The minimum absolute atomic E-state index is 0.0844. The van der Waals surface area contributed by atoms with Crippen molar-refractivity contribution in [3.63, 3.8) is 0 Å². The molecule has 1 aromatic heterocycles. The van der Waals surface area contributed by atoms with E-state index in [1.807, 2.05) is 41.5 Å². The number of aliphatic imine (C=N–C) groups is 1. The monoisotopic (exact) mass is 412 g/mol. The fraction of sp³-hybridized carbons (Fsp3) is 0.435. The van der Waals surface area contributed by atoms with Crippen LogP contribution in [0.25, 0.3) is 0 Å². The highest BCUT2D eigenvalue weighted by molar-refractivity contribution is 6.33. The number of anilines is 1. The van der Waals surface area contributed by atoms with Crippen LogP contribution < -0.4 is 5.32 Å². The number of unbranched alkanes of at least 4 members (excludes halogenated alkanes) is 1. The molecule has 5 nitrogen and oxygen atoms in total. The Morgan fingerprint density at radius 2 is 2.21 bits per heavy atom. The first kappa shape index (κ1) is 21.3. The van der Waals surface area contributed by atoms with Gasteiger partial charge < -0.3 is 10.2 Å². The van der Waals surface area contributed by atoms with Crippen LogP contribution in [-0.4, -0.2) is 35.1 Å². The fourth-order valence-corrected chi connectivity index (χ4v) is 3.84. The molecule has 1 N–H and O–H groups in total. The van der Waals surface area contributed by atoms with Crippen LogP contribution in [0, 0.1) is 11.8 Å².